The number of carbonyl (C=O) groups excluding carboxylic acids is 1. The summed E-state index contributed by atoms with van der Waals surface area (Å²) in [7, 11) is 0. The van der Waals surface area contributed by atoms with Crippen LogP contribution in [-0.2, 0) is 4.79 Å². The first-order valence-corrected chi connectivity index (χ1v) is 15.7. The number of carboxylic acids is 1. The first kappa shape index (κ1) is 29.0. The second-order valence-electron chi connectivity index (χ2n) is 13.1. The smallest absolute Gasteiger partial charge is 0.109 e. The van der Waals surface area contributed by atoms with E-state index < -0.39 is 18.1 Å². The normalized spacial score (nSPS) is 38.1. The molecule has 2 nitrogen and oxygen atoms in total. The Bertz CT molecular complexity index is 619. The van der Waals surface area contributed by atoms with Crippen LogP contribution in [0.1, 0.15) is 143 Å². The topological polar surface area (TPSA) is 40.1 Å². The lowest BCUT2D eigenvalue weighted by Crippen LogP contribution is -2.48. The molecular weight excluding hydrogens is 435 g/mol. The van der Waals surface area contributed by atoms with E-state index in [-0.39, 0.29) is 5.41 Å². The predicted molar refractivity (Wildman–Crippen MR) is 143 cm³/mol. The summed E-state index contributed by atoms with van der Waals surface area (Å²) < 4.78 is 15.2. The number of rotatable bonds is 12. The van der Waals surface area contributed by atoms with Gasteiger partial charge in [0.05, 0.1) is 0 Å². The number of carbonyl (C=O) groups is 1. The molecule has 0 N–H and O–H groups in total. The number of alkyl halides is 1. The lowest BCUT2D eigenvalue weighted by atomic mass is 9.54. The molecule has 3 aliphatic rings. The second kappa shape index (κ2) is 13.8. The third-order valence-electron chi connectivity index (χ3n) is 11.1. The van der Waals surface area contributed by atoms with Crippen LogP contribution in [0.15, 0.2) is 0 Å². The summed E-state index contributed by atoms with van der Waals surface area (Å²) in [6.07, 6.45) is 20.3. The van der Waals surface area contributed by atoms with Gasteiger partial charge in [-0.05, 0) is 112 Å². The van der Waals surface area contributed by atoms with Crippen molar-refractivity contribution in [3.63, 3.8) is 0 Å². The molecule has 0 aromatic heterocycles. The number of unbranched alkanes of at least 4 members (excludes halogenated alkanes) is 1. The SMILES string of the molecule is CCCCC(C(C)C1CCC(C2CCC(CCC)CC2)CC1)C1(CCC)CCC(C(=O)[O-])C(F)C1. The van der Waals surface area contributed by atoms with E-state index in [4.69, 9.17) is 0 Å². The van der Waals surface area contributed by atoms with Gasteiger partial charge in [0.15, 0.2) is 0 Å². The lowest BCUT2D eigenvalue weighted by Gasteiger charge is -2.51. The van der Waals surface area contributed by atoms with Gasteiger partial charge in [-0.25, -0.2) is 4.39 Å². The fourth-order valence-electron chi connectivity index (χ4n) is 9.15. The van der Waals surface area contributed by atoms with Crippen molar-refractivity contribution < 1.29 is 14.3 Å². The van der Waals surface area contributed by atoms with E-state index >= 15 is 4.39 Å². The molecule has 3 rings (SSSR count). The average Bonchev–Trinajstić information content (AvgIpc) is 2.85. The average molecular weight is 492 g/mol. The summed E-state index contributed by atoms with van der Waals surface area (Å²) in [6, 6.07) is 0. The molecule has 35 heavy (non-hydrogen) atoms. The molecular formula is C32H56FO2-. The van der Waals surface area contributed by atoms with Crippen LogP contribution in [0.25, 0.3) is 0 Å². The molecule has 3 saturated carbocycles. The molecule has 0 aliphatic heterocycles. The van der Waals surface area contributed by atoms with E-state index in [2.05, 4.69) is 27.7 Å². The van der Waals surface area contributed by atoms with Crippen molar-refractivity contribution in [2.75, 3.05) is 0 Å². The monoisotopic (exact) mass is 491 g/mol. The Morgan fingerprint density at radius 2 is 1.54 bits per heavy atom. The summed E-state index contributed by atoms with van der Waals surface area (Å²) in [6.45, 7) is 9.30. The zero-order valence-corrected chi connectivity index (χ0v) is 23.5. The minimum atomic E-state index is -1.24. The fourth-order valence-corrected chi connectivity index (χ4v) is 9.15. The van der Waals surface area contributed by atoms with Crippen molar-refractivity contribution >= 4 is 5.97 Å². The van der Waals surface area contributed by atoms with Gasteiger partial charge in [-0.1, -0.05) is 72.6 Å². The summed E-state index contributed by atoms with van der Waals surface area (Å²) >= 11 is 0. The molecule has 0 radical (unpaired) electrons. The zero-order valence-electron chi connectivity index (χ0n) is 23.5. The minimum Gasteiger partial charge on any atom is -0.550 e. The first-order chi connectivity index (χ1) is 16.8. The van der Waals surface area contributed by atoms with Crippen LogP contribution in [0.4, 0.5) is 4.39 Å². The van der Waals surface area contributed by atoms with Crippen LogP contribution in [-0.4, -0.2) is 12.1 Å². The van der Waals surface area contributed by atoms with Gasteiger partial charge in [0.2, 0.25) is 0 Å². The van der Waals surface area contributed by atoms with Crippen molar-refractivity contribution in [2.24, 2.45) is 46.8 Å². The van der Waals surface area contributed by atoms with E-state index in [1.165, 1.54) is 83.5 Å². The van der Waals surface area contributed by atoms with E-state index in [0.29, 0.717) is 24.7 Å². The Labute approximate surface area is 216 Å². The number of aliphatic carboxylic acids is 1. The fraction of sp³-hybridized carbons (Fsp3) is 0.969. The van der Waals surface area contributed by atoms with Gasteiger partial charge in [0.1, 0.15) is 6.17 Å². The number of hydrogen-bond acceptors (Lipinski definition) is 2. The highest BCUT2D eigenvalue weighted by molar-refractivity contribution is 5.68. The maximum atomic E-state index is 15.2. The molecule has 5 unspecified atom stereocenters. The van der Waals surface area contributed by atoms with Gasteiger partial charge in [-0.3, -0.25) is 0 Å². The minimum absolute atomic E-state index is 0.0246. The van der Waals surface area contributed by atoms with E-state index in [1.54, 1.807) is 0 Å². The van der Waals surface area contributed by atoms with Crippen LogP contribution in [0.2, 0.25) is 0 Å². The molecule has 0 saturated heterocycles. The van der Waals surface area contributed by atoms with Crippen LogP contribution < -0.4 is 5.11 Å². The largest absolute Gasteiger partial charge is 0.550 e. The van der Waals surface area contributed by atoms with E-state index in [1.807, 2.05) is 0 Å². The Morgan fingerprint density at radius 1 is 0.914 bits per heavy atom. The summed E-state index contributed by atoms with van der Waals surface area (Å²) in [5, 5.41) is 11.5. The van der Waals surface area contributed by atoms with Crippen LogP contribution >= 0.6 is 0 Å². The van der Waals surface area contributed by atoms with Gasteiger partial charge in [0.25, 0.3) is 0 Å². The van der Waals surface area contributed by atoms with Crippen LogP contribution in [0.5, 0.6) is 0 Å². The van der Waals surface area contributed by atoms with Crippen LogP contribution in [0, 0.1) is 46.8 Å². The van der Waals surface area contributed by atoms with Crippen molar-refractivity contribution in [1.82, 2.24) is 0 Å². The number of hydrogen-bond donors (Lipinski definition) is 0. The number of carboxylic acid groups (broad SMARTS) is 1. The Hall–Kier alpha value is -0.600. The first-order valence-electron chi connectivity index (χ1n) is 15.7. The third-order valence-corrected chi connectivity index (χ3v) is 11.1. The Morgan fingerprint density at radius 3 is 2.06 bits per heavy atom. The highest BCUT2D eigenvalue weighted by Crippen LogP contribution is 2.55. The van der Waals surface area contributed by atoms with E-state index in [9.17, 15) is 9.90 Å². The van der Waals surface area contributed by atoms with Crippen LogP contribution in [0.3, 0.4) is 0 Å². The molecule has 0 heterocycles. The van der Waals surface area contributed by atoms with Crippen molar-refractivity contribution in [3.05, 3.63) is 0 Å². The van der Waals surface area contributed by atoms with Gasteiger partial charge < -0.3 is 9.90 Å². The summed E-state index contributed by atoms with van der Waals surface area (Å²) in [5.74, 6) is 2.72. The molecule has 0 aromatic carbocycles. The number of halogens is 1. The molecule has 204 valence electrons. The third kappa shape index (κ3) is 7.25. The van der Waals surface area contributed by atoms with Crippen molar-refractivity contribution in [2.45, 2.75) is 149 Å². The molecule has 3 heteroatoms. The summed E-state index contributed by atoms with van der Waals surface area (Å²) in [5.41, 5.74) is -0.0246. The van der Waals surface area contributed by atoms with Gasteiger partial charge in [-0.15, -0.1) is 0 Å². The maximum absolute atomic E-state index is 15.2. The van der Waals surface area contributed by atoms with Crippen molar-refractivity contribution in [3.8, 4) is 0 Å². The molecule has 0 aromatic rings. The molecule has 0 amide bonds. The lowest BCUT2D eigenvalue weighted by molar-refractivity contribution is -0.315. The standard InChI is InChI=1S/C32H57FO2/c1-5-8-10-29(32(20-7-3)21-19-28(31(34)35)30(33)22-32)23(4)25-15-17-27(18-16-25)26-13-11-24(9-6-2)12-14-26/h23-30H,5-22H2,1-4H3,(H,34,35)/p-1. The molecule has 5 atom stereocenters. The maximum Gasteiger partial charge on any atom is 0.109 e. The zero-order chi connectivity index (χ0) is 25.4. The highest BCUT2D eigenvalue weighted by Gasteiger charge is 2.48. The highest BCUT2D eigenvalue weighted by atomic mass is 19.1. The molecule has 0 spiro atoms. The van der Waals surface area contributed by atoms with Gasteiger partial charge >= 0.3 is 0 Å². The molecule has 3 fully saturated rings. The quantitative estimate of drug-likeness (QED) is 0.274. The van der Waals surface area contributed by atoms with Gasteiger partial charge in [-0.2, -0.15) is 0 Å². The Balaban J connectivity index is 1.64. The Kier molecular flexibility index (Phi) is 11.4. The molecule has 3 aliphatic carbocycles. The molecule has 0 bridgehead atoms. The summed E-state index contributed by atoms with van der Waals surface area (Å²) in [4.78, 5) is 11.5. The van der Waals surface area contributed by atoms with Gasteiger partial charge in [0, 0.05) is 11.9 Å². The van der Waals surface area contributed by atoms with Crippen molar-refractivity contribution in [1.29, 1.82) is 0 Å². The predicted octanol–water partition coefficient (Wildman–Crippen LogP) is 8.52. The van der Waals surface area contributed by atoms with E-state index in [0.717, 1.165) is 42.9 Å². The second-order valence-corrected chi connectivity index (χ2v) is 13.1.